The van der Waals surface area contributed by atoms with E-state index in [9.17, 15) is 82.1 Å². The van der Waals surface area contributed by atoms with Gasteiger partial charge in [-0.2, -0.15) is 26.3 Å². The minimum absolute atomic E-state index is 0.0568. The zero-order valence-electron chi connectivity index (χ0n) is 36.0. The van der Waals surface area contributed by atoms with Crippen molar-refractivity contribution in [2.45, 2.75) is 88.8 Å². The van der Waals surface area contributed by atoms with E-state index < -0.39 is 116 Å². The van der Waals surface area contributed by atoms with Crippen LogP contribution in [-0.4, -0.2) is 55.9 Å². The number of halogens is 12. The van der Waals surface area contributed by atoms with Gasteiger partial charge in [0.1, 0.15) is 5.82 Å². The molecule has 0 aliphatic heterocycles. The smallest absolute Gasteiger partial charge is 0.373 e. The highest BCUT2D eigenvalue weighted by Gasteiger charge is 2.63. The lowest BCUT2D eigenvalue weighted by Gasteiger charge is -2.36. The maximum absolute atomic E-state index is 14.3. The van der Waals surface area contributed by atoms with Crippen LogP contribution in [0.25, 0.3) is 21.5 Å². The van der Waals surface area contributed by atoms with Crippen LogP contribution in [0.1, 0.15) is 63.1 Å². The standard InChI is InChI=1S/2C22H18F6N2O4/c1-10-14-8-12(4-5-13(14)18(31)34-30-10)29-19(32)21(33,22(26,27)28)9-20(2,3)15-6-11(23)7-16(24)17(15)25;1-10-13-8-11(4-5-12(13)18(31)34-30-10)29-19(32)21(33,22(26,27)28)9-20(2,3)14-6-7-15(23)17(25)16(14)24/h2*4-8,33H,9H2,1-3H3,(H,29,32). The van der Waals surface area contributed by atoms with Gasteiger partial charge < -0.3 is 29.9 Å². The van der Waals surface area contributed by atoms with Crippen molar-refractivity contribution >= 4 is 44.7 Å². The van der Waals surface area contributed by atoms with Gasteiger partial charge in [0.05, 0.1) is 22.2 Å². The van der Waals surface area contributed by atoms with E-state index in [4.69, 9.17) is 0 Å². The summed E-state index contributed by atoms with van der Waals surface area (Å²) in [6.07, 6.45) is -14.0. The number of nitrogens with one attached hydrogen (secondary N) is 2. The van der Waals surface area contributed by atoms with Gasteiger partial charge in [-0.15, -0.1) is 0 Å². The van der Waals surface area contributed by atoms with Crippen LogP contribution < -0.4 is 21.9 Å². The van der Waals surface area contributed by atoms with Gasteiger partial charge in [-0.1, -0.05) is 44.1 Å². The Morgan fingerprint density at radius 1 is 0.544 bits per heavy atom. The Bertz CT molecular complexity index is 3080. The Labute approximate surface area is 374 Å². The summed E-state index contributed by atoms with van der Waals surface area (Å²) in [4.78, 5) is 48.8. The van der Waals surface area contributed by atoms with Crippen molar-refractivity contribution in [2.75, 3.05) is 10.6 Å². The molecular weight excluding hydrogens is 940 g/mol. The number of aryl methyl sites for hydroxylation is 2. The van der Waals surface area contributed by atoms with Gasteiger partial charge in [-0.3, -0.25) is 9.59 Å². The summed E-state index contributed by atoms with van der Waals surface area (Å²) in [6, 6.07) is 8.93. The van der Waals surface area contributed by atoms with E-state index in [1.54, 1.807) is 0 Å². The number of carbonyl (C=O) groups excluding carboxylic acids is 2. The number of amides is 2. The van der Waals surface area contributed by atoms with E-state index in [1.165, 1.54) is 32.0 Å². The average Bonchev–Trinajstić information content (AvgIpc) is 3.23. The molecule has 2 amide bonds. The van der Waals surface area contributed by atoms with E-state index in [1.807, 2.05) is 10.6 Å². The van der Waals surface area contributed by atoms with Crippen molar-refractivity contribution in [1.29, 1.82) is 0 Å². The number of benzene rings is 4. The molecule has 2 unspecified atom stereocenters. The summed E-state index contributed by atoms with van der Waals surface area (Å²) >= 11 is 0. The van der Waals surface area contributed by atoms with Crippen LogP contribution in [0, 0.1) is 48.8 Å². The van der Waals surface area contributed by atoms with Crippen molar-refractivity contribution in [3.63, 3.8) is 0 Å². The second-order valence-corrected chi connectivity index (χ2v) is 16.8. The second-order valence-electron chi connectivity index (χ2n) is 16.8. The van der Waals surface area contributed by atoms with Gasteiger partial charge in [0.15, 0.2) is 29.1 Å². The Morgan fingerprint density at radius 2 is 0.956 bits per heavy atom. The molecule has 0 fully saturated rings. The molecule has 2 atom stereocenters. The van der Waals surface area contributed by atoms with E-state index in [-0.39, 0.29) is 50.4 Å². The fourth-order valence-electron chi connectivity index (χ4n) is 7.27. The summed E-state index contributed by atoms with van der Waals surface area (Å²) in [6.45, 7) is 6.99. The van der Waals surface area contributed by atoms with Crippen LogP contribution in [0.15, 0.2) is 79.3 Å². The molecule has 6 aromatic rings. The third-order valence-electron chi connectivity index (χ3n) is 10.9. The molecule has 2 aromatic heterocycles. The number of fused-ring (bicyclic) bond motifs is 2. The second kappa shape index (κ2) is 18.3. The molecule has 68 heavy (non-hydrogen) atoms. The topological polar surface area (TPSA) is 185 Å². The number of alkyl halides is 6. The molecule has 0 aliphatic carbocycles. The molecule has 12 nitrogen and oxygen atoms in total. The lowest BCUT2D eigenvalue weighted by molar-refractivity contribution is -0.255. The molecule has 4 aromatic carbocycles. The highest BCUT2D eigenvalue weighted by atomic mass is 19.4. The number of aliphatic hydroxyl groups is 2. The molecule has 2 heterocycles. The first-order valence-electron chi connectivity index (χ1n) is 19.5. The molecule has 24 heteroatoms. The van der Waals surface area contributed by atoms with Crippen molar-refractivity contribution in [1.82, 2.24) is 10.3 Å². The minimum Gasteiger partial charge on any atom is -0.373 e. The Balaban J connectivity index is 0.000000254. The predicted octanol–water partition coefficient (Wildman–Crippen LogP) is 9.03. The van der Waals surface area contributed by atoms with E-state index >= 15 is 0 Å². The Hall–Kier alpha value is -6.82. The van der Waals surface area contributed by atoms with Crippen molar-refractivity contribution in [3.8, 4) is 0 Å². The number of aromatic nitrogens is 2. The van der Waals surface area contributed by atoms with Crippen LogP contribution in [0.2, 0.25) is 0 Å². The van der Waals surface area contributed by atoms with Crippen molar-refractivity contribution in [3.05, 3.63) is 139 Å². The maximum atomic E-state index is 14.3. The summed E-state index contributed by atoms with van der Waals surface area (Å²) in [5, 5.41) is 32.3. The summed E-state index contributed by atoms with van der Waals surface area (Å²) in [5.74, 6) is -13.5. The first-order chi connectivity index (χ1) is 31.1. The summed E-state index contributed by atoms with van der Waals surface area (Å²) in [7, 11) is 0. The van der Waals surface area contributed by atoms with Gasteiger partial charge in [-0.05, 0) is 84.3 Å². The minimum atomic E-state index is -5.55. The highest BCUT2D eigenvalue weighted by Crippen LogP contribution is 2.45. The summed E-state index contributed by atoms with van der Waals surface area (Å²) < 4.78 is 175. The first kappa shape index (κ1) is 52.2. The van der Waals surface area contributed by atoms with Crippen LogP contribution in [-0.2, 0) is 20.4 Å². The van der Waals surface area contributed by atoms with Gasteiger partial charge >= 0.3 is 23.6 Å². The zero-order chi connectivity index (χ0) is 51.3. The van der Waals surface area contributed by atoms with Gasteiger partial charge in [-0.25, -0.2) is 35.9 Å². The molecule has 0 spiro atoms. The molecular formula is C44H36F12N4O8. The molecule has 0 saturated heterocycles. The number of rotatable bonds is 10. The average molecular weight is 977 g/mol. The normalized spacial score (nSPS) is 14.2. The van der Waals surface area contributed by atoms with Crippen LogP contribution in [0.5, 0.6) is 0 Å². The number of carbonyl (C=O) groups is 2. The van der Waals surface area contributed by atoms with Crippen LogP contribution >= 0.6 is 0 Å². The van der Waals surface area contributed by atoms with E-state index in [2.05, 4.69) is 19.4 Å². The summed E-state index contributed by atoms with van der Waals surface area (Å²) in [5.41, 5.74) is -15.2. The molecule has 0 saturated carbocycles. The van der Waals surface area contributed by atoms with Crippen LogP contribution in [0.4, 0.5) is 64.1 Å². The third-order valence-corrected chi connectivity index (χ3v) is 10.9. The van der Waals surface area contributed by atoms with E-state index in [0.717, 1.165) is 52.0 Å². The number of hydrogen-bond acceptors (Lipinski definition) is 10. The monoisotopic (exact) mass is 976 g/mol. The van der Waals surface area contributed by atoms with E-state index in [0.29, 0.717) is 12.1 Å². The molecule has 6 rings (SSSR count). The zero-order valence-corrected chi connectivity index (χ0v) is 36.0. The predicted molar refractivity (Wildman–Crippen MR) is 217 cm³/mol. The molecule has 0 aliphatic rings. The van der Waals surface area contributed by atoms with Gasteiger partial charge in [0.25, 0.3) is 11.8 Å². The van der Waals surface area contributed by atoms with Gasteiger partial charge in [0, 0.05) is 41.1 Å². The van der Waals surface area contributed by atoms with Crippen molar-refractivity contribution in [2.24, 2.45) is 0 Å². The maximum Gasteiger partial charge on any atom is 0.426 e. The Morgan fingerprint density at radius 3 is 1.37 bits per heavy atom. The molecule has 0 bridgehead atoms. The largest absolute Gasteiger partial charge is 0.426 e. The first-order valence-corrected chi connectivity index (χ1v) is 19.5. The SMILES string of the molecule is Cc1noc(=O)c2ccc(NC(=O)C(O)(CC(C)(C)c3cc(F)cc(F)c3F)C(F)(F)F)cc12.Cc1noc(=O)c2ccc(NC(=O)C(O)(CC(C)(C)c3ccc(F)c(F)c3F)C(F)(F)F)cc12. The van der Waals surface area contributed by atoms with Crippen LogP contribution in [0.3, 0.4) is 0 Å². The molecule has 4 N–H and O–H groups in total. The fourth-order valence-corrected chi connectivity index (χ4v) is 7.27. The number of hydrogen-bond donors (Lipinski definition) is 4. The Kier molecular flexibility index (Phi) is 14.1. The molecule has 0 radical (unpaired) electrons. The van der Waals surface area contributed by atoms with Gasteiger partial charge in [0.2, 0.25) is 11.2 Å². The molecule has 364 valence electrons. The van der Waals surface area contributed by atoms with Crippen molar-refractivity contribution < 1.29 is 81.5 Å². The number of anilines is 2. The third kappa shape index (κ3) is 10.2. The highest BCUT2D eigenvalue weighted by molar-refractivity contribution is 6.01. The fraction of sp³-hybridized carbons (Fsp3) is 0.318. The number of nitrogens with zero attached hydrogens (tertiary/aromatic N) is 2. The quantitative estimate of drug-likeness (QED) is 0.0587. The lowest BCUT2D eigenvalue weighted by atomic mass is 9.74. The lowest BCUT2D eigenvalue weighted by Crippen LogP contribution is -2.57.